The average molecular weight is 230 g/mol. The highest BCUT2D eigenvalue weighted by Gasteiger charge is 2.05. The maximum atomic E-state index is 11.0. The Morgan fingerprint density at radius 1 is 1.53 bits per heavy atom. The minimum atomic E-state index is -0.424. The molecule has 82 valence electrons. The summed E-state index contributed by atoms with van der Waals surface area (Å²) in [5.41, 5.74) is 6.02. The van der Waals surface area contributed by atoms with Gasteiger partial charge < -0.3 is 15.2 Å². The molecule has 15 heavy (non-hydrogen) atoms. The van der Waals surface area contributed by atoms with E-state index in [9.17, 15) is 4.79 Å². The number of halogens is 1. The average Bonchev–Trinajstić information content (AvgIpc) is 2.17. The maximum Gasteiger partial charge on any atom is 0.344 e. The van der Waals surface area contributed by atoms with E-state index < -0.39 is 5.97 Å². The van der Waals surface area contributed by atoms with E-state index in [-0.39, 0.29) is 6.61 Å². The third kappa shape index (κ3) is 3.67. The van der Waals surface area contributed by atoms with Gasteiger partial charge >= 0.3 is 5.97 Å². The molecule has 0 atom stereocenters. The van der Waals surface area contributed by atoms with Crippen LogP contribution in [0.5, 0.6) is 5.75 Å². The topological polar surface area (TPSA) is 61.5 Å². The van der Waals surface area contributed by atoms with Gasteiger partial charge in [0.25, 0.3) is 0 Å². The summed E-state index contributed by atoms with van der Waals surface area (Å²) in [5, 5.41) is 0.524. The number of hydrogen-bond acceptors (Lipinski definition) is 4. The normalized spacial score (nSPS) is 9.73. The molecular formula is C10H12ClNO3. The molecule has 0 amide bonds. The van der Waals surface area contributed by atoms with Crippen molar-refractivity contribution in [3.05, 3.63) is 23.2 Å². The van der Waals surface area contributed by atoms with E-state index in [2.05, 4.69) is 0 Å². The SMILES string of the molecule is CCOC(=O)COc1ccc(Cl)cc1N. The zero-order valence-corrected chi connectivity index (χ0v) is 9.08. The molecule has 0 bridgehead atoms. The number of ether oxygens (including phenoxy) is 2. The second-order valence-electron chi connectivity index (χ2n) is 2.78. The number of carbonyl (C=O) groups is 1. The second-order valence-corrected chi connectivity index (χ2v) is 3.21. The Balaban J connectivity index is 2.54. The number of hydrogen-bond donors (Lipinski definition) is 1. The monoisotopic (exact) mass is 229 g/mol. The first-order chi connectivity index (χ1) is 7.13. The van der Waals surface area contributed by atoms with Crippen molar-refractivity contribution in [1.29, 1.82) is 0 Å². The molecule has 0 aliphatic carbocycles. The van der Waals surface area contributed by atoms with Crippen LogP contribution in [-0.4, -0.2) is 19.2 Å². The Morgan fingerprint density at radius 3 is 2.87 bits per heavy atom. The van der Waals surface area contributed by atoms with Gasteiger partial charge in [0.2, 0.25) is 0 Å². The van der Waals surface area contributed by atoms with Crippen LogP contribution in [0.2, 0.25) is 5.02 Å². The fourth-order valence-electron chi connectivity index (χ4n) is 0.990. The van der Waals surface area contributed by atoms with Crippen LogP contribution >= 0.6 is 11.6 Å². The van der Waals surface area contributed by atoms with Crippen LogP contribution in [0.25, 0.3) is 0 Å². The van der Waals surface area contributed by atoms with Crippen molar-refractivity contribution in [3.63, 3.8) is 0 Å². The lowest BCUT2D eigenvalue weighted by Gasteiger charge is -2.08. The van der Waals surface area contributed by atoms with Crippen LogP contribution in [0.3, 0.4) is 0 Å². The zero-order chi connectivity index (χ0) is 11.3. The molecule has 1 rings (SSSR count). The minimum Gasteiger partial charge on any atom is -0.480 e. The molecule has 1 aromatic carbocycles. The zero-order valence-electron chi connectivity index (χ0n) is 8.33. The lowest BCUT2D eigenvalue weighted by molar-refractivity contribution is -0.145. The van der Waals surface area contributed by atoms with Crippen LogP contribution in [0, 0.1) is 0 Å². The summed E-state index contributed by atoms with van der Waals surface area (Å²) in [7, 11) is 0. The van der Waals surface area contributed by atoms with Crippen molar-refractivity contribution in [1.82, 2.24) is 0 Å². The van der Waals surface area contributed by atoms with Crippen LogP contribution in [0.15, 0.2) is 18.2 Å². The van der Waals surface area contributed by atoms with Crippen LogP contribution in [0.1, 0.15) is 6.92 Å². The summed E-state index contributed by atoms with van der Waals surface area (Å²) in [5.74, 6) is -0.000645. The predicted molar refractivity (Wildman–Crippen MR) is 58.0 cm³/mol. The summed E-state index contributed by atoms with van der Waals surface area (Å²) in [6, 6.07) is 4.80. The standard InChI is InChI=1S/C10H12ClNO3/c1-2-14-10(13)6-15-9-4-3-7(11)5-8(9)12/h3-5H,2,6,12H2,1H3. The fourth-order valence-corrected chi connectivity index (χ4v) is 1.17. The molecule has 1 aromatic rings. The van der Waals surface area contributed by atoms with E-state index in [0.717, 1.165) is 0 Å². The van der Waals surface area contributed by atoms with Crippen molar-refractivity contribution in [2.75, 3.05) is 18.9 Å². The Kier molecular flexibility index (Phi) is 4.24. The van der Waals surface area contributed by atoms with Gasteiger partial charge in [-0.05, 0) is 25.1 Å². The quantitative estimate of drug-likeness (QED) is 0.633. The summed E-state index contributed by atoms with van der Waals surface area (Å²) in [4.78, 5) is 11.0. The van der Waals surface area contributed by atoms with Crippen LogP contribution < -0.4 is 10.5 Å². The van der Waals surface area contributed by atoms with Crippen LogP contribution in [-0.2, 0) is 9.53 Å². The van der Waals surface area contributed by atoms with E-state index in [1.807, 2.05) is 0 Å². The molecule has 0 spiro atoms. The molecule has 0 unspecified atom stereocenters. The van der Waals surface area contributed by atoms with E-state index in [1.165, 1.54) is 0 Å². The van der Waals surface area contributed by atoms with Gasteiger partial charge in [-0.15, -0.1) is 0 Å². The molecule has 0 saturated carbocycles. The van der Waals surface area contributed by atoms with E-state index in [4.69, 9.17) is 26.8 Å². The fraction of sp³-hybridized carbons (Fsp3) is 0.300. The van der Waals surface area contributed by atoms with Crippen molar-refractivity contribution >= 4 is 23.3 Å². The highest BCUT2D eigenvalue weighted by molar-refractivity contribution is 6.30. The first kappa shape index (κ1) is 11.7. The van der Waals surface area contributed by atoms with E-state index in [0.29, 0.717) is 23.1 Å². The van der Waals surface area contributed by atoms with Gasteiger partial charge in [-0.2, -0.15) is 0 Å². The van der Waals surface area contributed by atoms with Gasteiger partial charge in [-0.1, -0.05) is 11.6 Å². The van der Waals surface area contributed by atoms with Crippen molar-refractivity contribution in [3.8, 4) is 5.75 Å². The predicted octanol–water partition coefficient (Wildman–Crippen LogP) is 1.86. The number of anilines is 1. The number of nitrogen functional groups attached to an aromatic ring is 1. The van der Waals surface area contributed by atoms with Gasteiger partial charge in [0.1, 0.15) is 5.75 Å². The third-order valence-corrected chi connectivity index (χ3v) is 1.86. The van der Waals surface area contributed by atoms with Crippen molar-refractivity contribution in [2.45, 2.75) is 6.92 Å². The van der Waals surface area contributed by atoms with E-state index >= 15 is 0 Å². The molecule has 0 radical (unpaired) electrons. The van der Waals surface area contributed by atoms with Gasteiger partial charge in [-0.3, -0.25) is 0 Å². The molecule has 0 aliphatic rings. The summed E-state index contributed by atoms with van der Waals surface area (Å²) in [6.45, 7) is 1.91. The second kappa shape index (κ2) is 5.46. The Bertz CT molecular complexity index is 355. The van der Waals surface area contributed by atoms with Gasteiger partial charge in [0, 0.05) is 5.02 Å². The Labute approximate surface area is 92.9 Å². The van der Waals surface area contributed by atoms with Gasteiger partial charge in [-0.25, -0.2) is 4.79 Å². The number of benzene rings is 1. The summed E-state index contributed by atoms with van der Waals surface area (Å²) < 4.78 is 9.84. The lowest BCUT2D eigenvalue weighted by Crippen LogP contribution is -2.15. The lowest BCUT2D eigenvalue weighted by atomic mass is 10.3. The number of nitrogens with two attached hydrogens (primary N) is 1. The molecule has 2 N–H and O–H groups in total. The smallest absolute Gasteiger partial charge is 0.344 e. The van der Waals surface area contributed by atoms with Gasteiger partial charge in [0.15, 0.2) is 6.61 Å². The van der Waals surface area contributed by atoms with Crippen molar-refractivity contribution < 1.29 is 14.3 Å². The number of carbonyl (C=O) groups excluding carboxylic acids is 1. The highest BCUT2D eigenvalue weighted by Crippen LogP contribution is 2.24. The first-order valence-electron chi connectivity index (χ1n) is 4.47. The molecule has 0 aromatic heterocycles. The Morgan fingerprint density at radius 2 is 2.27 bits per heavy atom. The van der Waals surface area contributed by atoms with E-state index in [1.54, 1.807) is 25.1 Å². The highest BCUT2D eigenvalue weighted by atomic mass is 35.5. The number of esters is 1. The molecule has 0 fully saturated rings. The van der Waals surface area contributed by atoms with Gasteiger partial charge in [0.05, 0.1) is 12.3 Å². The molecule has 0 aliphatic heterocycles. The first-order valence-corrected chi connectivity index (χ1v) is 4.84. The summed E-state index contributed by atoms with van der Waals surface area (Å²) in [6.07, 6.45) is 0. The largest absolute Gasteiger partial charge is 0.480 e. The molecule has 0 saturated heterocycles. The third-order valence-electron chi connectivity index (χ3n) is 1.62. The molecule has 5 heteroatoms. The molecule has 0 heterocycles. The number of rotatable bonds is 4. The Hall–Kier alpha value is -1.42. The summed E-state index contributed by atoms with van der Waals surface area (Å²) >= 11 is 5.70. The molecular weight excluding hydrogens is 218 g/mol. The van der Waals surface area contributed by atoms with Crippen LogP contribution in [0.4, 0.5) is 5.69 Å². The maximum absolute atomic E-state index is 11.0. The molecule has 4 nitrogen and oxygen atoms in total. The van der Waals surface area contributed by atoms with Crippen molar-refractivity contribution in [2.24, 2.45) is 0 Å². The minimum absolute atomic E-state index is 0.153.